The molecule has 1 N–H and O–H groups in total. The van der Waals surface area contributed by atoms with Crippen molar-refractivity contribution in [3.63, 3.8) is 0 Å². The predicted octanol–water partition coefficient (Wildman–Crippen LogP) is 3.94. The fourth-order valence-corrected chi connectivity index (χ4v) is 2.88. The lowest BCUT2D eigenvalue weighted by Crippen LogP contribution is -1.97. The molecule has 84 valence electrons. The van der Waals surface area contributed by atoms with Gasteiger partial charge < -0.3 is 5.11 Å². The Balaban J connectivity index is 2.15. The topological polar surface area (TPSA) is 20.2 Å². The maximum absolute atomic E-state index is 10.1. The first-order valence-electron chi connectivity index (χ1n) is 5.24. The number of thiophene rings is 1. The molecule has 0 saturated heterocycles. The third-order valence-electron chi connectivity index (χ3n) is 2.37. The summed E-state index contributed by atoms with van der Waals surface area (Å²) in [6.07, 6.45) is -0.494. The molecule has 0 saturated carbocycles. The van der Waals surface area contributed by atoms with Crippen molar-refractivity contribution in [1.29, 1.82) is 0 Å². The molecule has 0 aliphatic heterocycles. The summed E-state index contributed by atoms with van der Waals surface area (Å²) in [6, 6.07) is 10.1. The molecule has 0 bridgehead atoms. The molecule has 2 aromatic rings. The van der Waals surface area contributed by atoms with Crippen molar-refractivity contribution in [3.8, 4) is 0 Å². The second-order valence-electron chi connectivity index (χ2n) is 3.46. The van der Waals surface area contributed by atoms with E-state index < -0.39 is 6.10 Å². The van der Waals surface area contributed by atoms with E-state index in [0.717, 1.165) is 16.9 Å². The Morgan fingerprint density at radius 3 is 2.50 bits per heavy atom. The van der Waals surface area contributed by atoms with Gasteiger partial charge in [0.15, 0.2) is 0 Å². The average Bonchev–Trinajstić information content (AvgIpc) is 2.83. The molecule has 0 fully saturated rings. The second-order valence-corrected chi connectivity index (χ2v) is 5.58. The Kier molecular flexibility index (Phi) is 4.04. The summed E-state index contributed by atoms with van der Waals surface area (Å²) in [5.41, 5.74) is 1.93. The van der Waals surface area contributed by atoms with Crippen LogP contribution in [0.2, 0.25) is 0 Å². The van der Waals surface area contributed by atoms with Crippen LogP contribution in [0.4, 0.5) is 0 Å². The number of aliphatic hydroxyl groups excluding tert-OH is 1. The van der Waals surface area contributed by atoms with E-state index in [1.165, 1.54) is 4.90 Å². The Bertz CT molecular complexity index is 420. The molecule has 1 atom stereocenters. The number of hydrogen-bond acceptors (Lipinski definition) is 3. The summed E-state index contributed by atoms with van der Waals surface area (Å²) >= 11 is 3.42. The monoisotopic (exact) mass is 250 g/mol. The lowest BCUT2D eigenvalue weighted by molar-refractivity contribution is 0.221. The molecule has 0 aliphatic rings. The van der Waals surface area contributed by atoms with Gasteiger partial charge in [0.1, 0.15) is 6.10 Å². The first-order valence-corrected chi connectivity index (χ1v) is 7.17. The minimum atomic E-state index is -0.494. The van der Waals surface area contributed by atoms with E-state index in [2.05, 4.69) is 19.1 Å². The van der Waals surface area contributed by atoms with E-state index in [-0.39, 0.29) is 0 Å². The minimum absolute atomic E-state index is 0.494. The van der Waals surface area contributed by atoms with Crippen molar-refractivity contribution in [2.75, 3.05) is 5.75 Å². The molecule has 1 aromatic carbocycles. The van der Waals surface area contributed by atoms with Crippen molar-refractivity contribution >= 4 is 23.1 Å². The normalized spacial score (nSPS) is 12.6. The lowest BCUT2D eigenvalue weighted by atomic mass is 10.1. The lowest BCUT2D eigenvalue weighted by Gasteiger charge is -2.09. The molecule has 2 rings (SSSR count). The smallest absolute Gasteiger partial charge is 0.105 e. The third kappa shape index (κ3) is 2.67. The van der Waals surface area contributed by atoms with Gasteiger partial charge in [-0.15, -0.1) is 11.8 Å². The zero-order chi connectivity index (χ0) is 11.4. The first kappa shape index (κ1) is 11.7. The second kappa shape index (κ2) is 5.53. The largest absolute Gasteiger partial charge is 0.384 e. The van der Waals surface area contributed by atoms with Gasteiger partial charge in [0, 0.05) is 4.90 Å². The zero-order valence-electron chi connectivity index (χ0n) is 9.09. The molecular formula is C13H14OS2. The molecular weight excluding hydrogens is 236 g/mol. The Morgan fingerprint density at radius 2 is 1.94 bits per heavy atom. The van der Waals surface area contributed by atoms with E-state index >= 15 is 0 Å². The molecule has 16 heavy (non-hydrogen) atoms. The molecule has 1 nitrogen and oxygen atoms in total. The van der Waals surface area contributed by atoms with E-state index in [9.17, 15) is 5.11 Å². The Morgan fingerprint density at radius 1 is 1.19 bits per heavy atom. The van der Waals surface area contributed by atoms with Crippen LogP contribution in [-0.2, 0) is 0 Å². The molecule has 1 heterocycles. The van der Waals surface area contributed by atoms with E-state index in [1.54, 1.807) is 11.3 Å². The molecule has 0 spiro atoms. The van der Waals surface area contributed by atoms with Gasteiger partial charge in [0.2, 0.25) is 0 Å². The molecule has 0 radical (unpaired) electrons. The van der Waals surface area contributed by atoms with Crippen LogP contribution in [0.25, 0.3) is 0 Å². The fourth-order valence-electron chi connectivity index (χ4n) is 1.54. The maximum atomic E-state index is 10.1. The number of benzene rings is 1. The fraction of sp³-hybridized carbons (Fsp3) is 0.231. The molecule has 3 heteroatoms. The van der Waals surface area contributed by atoms with Crippen molar-refractivity contribution in [2.45, 2.75) is 17.9 Å². The van der Waals surface area contributed by atoms with Gasteiger partial charge in [0.05, 0.1) is 0 Å². The highest BCUT2D eigenvalue weighted by Gasteiger charge is 2.10. The summed E-state index contributed by atoms with van der Waals surface area (Å²) in [5.74, 6) is 1.08. The highest BCUT2D eigenvalue weighted by Crippen LogP contribution is 2.26. The van der Waals surface area contributed by atoms with Crippen LogP contribution in [0.1, 0.15) is 24.2 Å². The molecule has 0 aliphatic carbocycles. The van der Waals surface area contributed by atoms with E-state index in [4.69, 9.17) is 0 Å². The summed E-state index contributed by atoms with van der Waals surface area (Å²) in [6.45, 7) is 2.14. The van der Waals surface area contributed by atoms with Gasteiger partial charge in [-0.3, -0.25) is 0 Å². The van der Waals surface area contributed by atoms with Gasteiger partial charge in [-0.1, -0.05) is 19.1 Å². The van der Waals surface area contributed by atoms with E-state index in [1.807, 2.05) is 40.7 Å². The summed E-state index contributed by atoms with van der Waals surface area (Å²) in [5, 5.41) is 14.1. The summed E-state index contributed by atoms with van der Waals surface area (Å²) in [4.78, 5) is 1.25. The van der Waals surface area contributed by atoms with Crippen LogP contribution >= 0.6 is 23.1 Å². The van der Waals surface area contributed by atoms with Gasteiger partial charge in [-0.05, 0) is 45.8 Å². The Hall–Kier alpha value is -0.770. The van der Waals surface area contributed by atoms with Crippen LogP contribution in [0, 0.1) is 0 Å². The number of rotatable bonds is 4. The summed E-state index contributed by atoms with van der Waals surface area (Å²) < 4.78 is 0. The van der Waals surface area contributed by atoms with Crippen LogP contribution in [0.3, 0.4) is 0 Å². The van der Waals surface area contributed by atoms with Gasteiger partial charge in [-0.25, -0.2) is 0 Å². The molecule has 1 aromatic heterocycles. The standard InChI is InChI=1S/C13H14OS2/c1-2-16-12-5-3-10(4-6-12)13(14)11-7-8-15-9-11/h3-9,13-14H,2H2,1H3/t13-/m1/s1. The van der Waals surface area contributed by atoms with Crippen LogP contribution < -0.4 is 0 Å². The van der Waals surface area contributed by atoms with Gasteiger partial charge in [0.25, 0.3) is 0 Å². The van der Waals surface area contributed by atoms with Crippen molar-refractivity contribution in [2.24, 2.45) is 0 Å². The highest BCUT2D eigenvalue weighted by molar-refractivity contribution is 7.99. The highest BCUT2D eigenvalue weighted by atomic mass is 32.2. The van der Waals surface area contributed by atoms with E-state index in [0.29, 0.717) is 0 Å². The van der Waals surface area contributed by atoms with Crippen molar-refractivity contribution < 1.29 is 5.11 Å². The van der Waals surface area contributed by atoms with Crippen LogP contribution in [0.5, 0.6) is 0 Å². The third-order valence-corrected chi connectivity index (χ3v) is 3.96. The predicted molar refractivity (Wildman–Crippen MR) is 71.2 cm³/mol. The summed E-state index contributed by atoms with van der Waals surface area (Å²) in [7, 11) is 0. The quantitative estimate of drug-likeness (QED) is 0.829. The van der Waals surface area contributed by atoms with Crippen molar-refractivity contribution in [3.05, 3.63) is 52.2 Å². The maximum Gasteiger partial charge on any atom is 0.105 e. The number of hydrogen-bond donors (Lipinski definition) is 1. The average molecular weight is 250 g/mol. The number of aliphatic hydroxyl groups is 1. The zero-order valence-corrected chi connectivity index (χ0v) is 10.7. The SMILES string of the molecule is CCSc1ccc([C@@H](O)c2ccsc2)cc1. The van der Waals surface area contributed by atoms with Gasteiger partial charge in [-0.2, -0.15) is 11.3 Å². The van der Waals surface area contributed by atoms with Crippen LogP contribution in [-0.4, -0.2) is 10.9 Å². The first-order chi connectivity index (χ1) is 7.81. The minimum Gasteiger partial charge on any atom is -0.384 e. The van der Waals surface area contributed by atoms with Crippen molar-refractivity contribution in [1.82, 2.24) is 0 Å². The van der Waals surface area contributed by atoms with Crippen LogP contribution in [0.15, 0.2) is 46.0 Å². The molecule has 0 unspecified atom stereocenters. The number of thioether (sulfide) groups is 1. The van der Waals surface area contributed by atoms with Gasteiger partial charge >= 0.3 is 0 Å². The molecule has 0 amide bonds. The Labute approximate surface area is 104 Å².